The quantitative estimate of drug-likeness (QED) is 0.787. The fourth-order valence-corrected chi connectivity index (χ4v) is 1.79. The summed E-state index contributed by atoms with van der Waals surface area (Å²) in [7, 11) is 0. The topological polar surface area (TPSA) is 75.1 Å². The van der Waals surface area contributed by atoms with Crippen LogP contribution in [-0.4, -0.2) is 28.7 Å². The van der Waals surface area contributed by atoms with Gasteiger partial charge in [-0.25, -0.2) is 14.4 Å². The summed E-state index contributed by atoms with van der Waals surface area (Å²) in [6.07, 6.45) is -9.75. The molecule has 5 nitrogen and oxygen atoms in total. The highest BCUT2D eigenvalue weighted by Gasteiger charge is 2.42. The van der Waals surface area contributed by atoms with Gasteiger partial charge in [0.15, 0.2) is 11.3 Å². The van der Waals surface area contributed by atoms with Crippen molar-refractivity contribution in [3.63, 3.8) is 0 Å². The molecule has 0 fully saturated rings. The molecule has 0 aliphatic rings. The molecule has 0 aliphatic carbocycles. The normalized spacial score (nSPS) is 12.6. The van der Waals surface area contributed by atoms with Crippen molar-refractivity contribution in [2.24, 2.45) is 0 Å². The van der Waals surface area contributed by atoms with Crippen LogP contribution in [0.15, 0.2) is 12.1 Å². The first kappa shape index (κ1) is 17.9. The largest absolute Gasteiger partial charge is 0.545 e. The van der Waals surface area contributed by atoms with Gasteiger partial charge in [0.2, 0.25) is 0 Å². The molecule has 11 heteroatoms. The fraction of sp³-hybridized carbons (Fsp3) is 0.308. The zero-order chi connectivity index (χ0) is 18.3. The fourth-order valence-electron chi connectivity index (χ4n) is 1.79. The van der Waals surface area contributed by atoms with E-state index >= 15 is 0 Å². The summed E-state index contributed by atoms with van der Waals surface area (Å²) in [6.45, 7) is -1.14. The molecular weight excluding hydrogens is 346 g/mol. The predicted octanol–water partition coefficient (Wildman–Crippen LogP) is 2.07. The number of carboxylic acid groups (broad SMARTS) is 1. The number of carbonyl (C=O) groups is 1. The van der Waals surface area contributed by atoms with Crippen molar-refractivity contribution < 1.29 is 41.0 Å². The Hall–Kier alpha value is -2.43. The molecule has 0 bridgehead atoms. The van der Waals surface area contributed by atoms with Crippen LogP contribution in [0.4, 0.5) is 26.3 Å². The van der Waals surface area contributed by atoms with Crippen LogP contribution in [0.3, 0.4) is 0 Å². The van der Waals surface area contributed by atoms with Crippen LogP contribution in [0.5, 0.6) is 0 Å². The highest BCUT2D eigenvalue weighted by atomic mass is 19.4. The number of hydrogen-bond acceptors (Lipinski definition) is 5. The van der Waals surface area contributed by atoms with E-state index < -0.39 is 47.6 Å². The van der Waals surface area contributed by atoms with Crippen molar-refractivity contribution in [2.75, 3.05) is 6.61 Å². The third kappa shape index (κ3) is 3.72. The van der Waals surface area contributed by atoms with Gasteiger partial charge in [0.1, 0.15) is 12.4 Å². The molecule has 0 aromatic carbocycles. The standard InChI is InChI=1S/C13H8F6N2O3/c1-5-8(14)3-6-2-7(11(22)23)9(21-10(6)20-5)13(18,19)24-4-12(15,16)17/h2-3H,4H2,1H3,(H,22,23)/p-1. The molecule has 2 heterocycles. The number of aromatic nitrogens is 2. The van der Waals surface area contributed by atoms with Crippen LogP contribution >= 0.6 is 0 Å². The van der Waals surface area contributed by atoms with E-state index in [9.17, 15) is 36.2 Å². The molecule has 0 N–H and O–H groups in total. The Bertz CT molecular complexity index is 806. The number of halogens is 6. The third-order valence-corrected chi connectivity index (χ3v) is 2.85. The van der Waals surface area contributed by atoms with Crippen molar-refractivity contribution in [2.45, 2.75) is 19.2 Å². The minimum Gasteiger partial charge on any atom is -0.545 e. The Balaban J connectivity index is 2.60. The van der Waals surface area contributed by atoms with Crippen molar-refractivity contribution in [1.29, 1.82) is 0 Å². The van der Waals surface area contributed by atoms with Crippen LogP contribution < -0.4 is 5.11 Å². The molecule has 0 saturated carbocycles. The van der Waals surface area contributed by atoms with Gasteiger partial charge in [-0.2, -0.15) is 22.0 Å². The second kappa shape index (κ2) is 5.89. The van der Waals surface area contributed by atoms with Gasteiger partial charge in [-0.1, -0.05) is 0 Å². The number of alkyl halides is 5. The van der Waals surface area contributed by atoms with Crippen LogP contribution in [0.2, 0.25) is 0 Å². The van der Waals surface area contributed by atoms with Gasteiger partial charge in [0, 0.05) is 10.9 Å². The summed E-state index contributed by atoms with van der Waals surface area (Å²) in [6, 6.07) is 1.38. The maximum Gasteiger partial charge on any atom is 0.412 e. The summed E-state index contributed by atoms with van der Waals surface area (Å²) < 4.78 is 80.7. The van der Waals surface area contributed by atoms with Crippen molar-refractivity contribution in [1.82, 2.24) is 9.97 Å². The van der Waals surface area contributed by atoms with Crippen molar-refractivity contribution in [3.05, 3.63) is 34.9 Å². The van der Waals surface area contributed by atoms with Crippen LogP contribution in [0, 0.1) is 12.7 Å². The number of ether oxygens (including phenoxy) is 1. The molecule has 0 radical (unpaired) electrons. The molecule has 0 unspecified atom stereocenters. The van der Waals surface area contributed by atoms with Gasteiger partial charge in [0.25, 0.3) is 0 Å². The molecule has 0 spiro atoms. The van der Waals surface area contributed by atoms with E-state index in [1.165, 1.54) is 6.92 Å². The van der Waals surface area contributed by atoms with Crippen LogP contribution in [0.25, 0.3) is 11.0 Å². The van der Waals surface area contributed by atoms with Gasteiger partial charge in [-0.05, 0) is 19.1 Å². The Morgan fingerprint density at radius 3 is 2.38 bits per heavy atom. The predicted molar refractivity (Wildman–Crippen MR) is 64.5 cm³/mol. The van der Waals surface area contributed by atoms with Crippen LogP contribution in [-0.2, 0) is 10.8 Å². The summed E-state index contributed by atoms with van der Waals surface area (Å²) in [4.78, 5) is 17.8. The number of nitrogens with zero attached hydrogens (tertiary/aromatic N) is 2. The smallest absolute Gasteiger partial charge is 0.412 e. The number of pyridine rings is 2. The second-order valence-electron chi connectivity index (χ2n) is 4.69. The summed E-state index contributed by atoms with van der Waals surface area (Å²) >= 11 is 0. The number of aryl methyl sites for hydroxylation is 1. The lowest BCUT2D eigenvalue weighted by Crippen LogP contribution is -2.32. The first-order chi connectivity index (χ1) is 10.9. The third-order valence-electron chi connectivity index (χ3n) is 2.85. The van der Waals surface area contributed by atoms with E-state index in [0.717, 1.165) is 6.07 Å². The first-order valence-corrected chi connectivity index (χ1v) is 6.19. The molecule has 0 atom stereocenters. The minimum atomic E-state index is -5.07. The molecule has 0 saturated heterocycles. The molecular formula is C13H7F6N2O3-. The molecule has 2 rings (SSSR count). The Kier molecular flexibility index (Phi) is 4.40. The van der Waals surface area contributed by atoms with E-state index in [4.69, 9.17) is 0 Å². The maximum atomic E-state index is 13.8. The molecule has 2 aromatic rings. The molecule has 24 heavy (non-hydrogen) atoms. The molecule has 2 aromatic heterocycles. The monoisotopic (exact) mass is 353 g/mol. The highest BCUT2D eigenvalue weighted by Crippen LogP contribution is 2.34. The lowest BCUT2D eigenvalue weighted by Gasteiger charge is -2.20. The minimum absolute atomic E-state index is 0.221. The van der Waals surface area contributed by atoms with E-state index in [1.807, 2.05) is 0 Å². The number of carbonyl (C=O) groups excluding carboxylic acids is 1. The van der Waals surface area contributed by atoms with Crippen molar-refractivity contribution >= 4 is 17.0 Å². The molecule has 0 aliphatic heterocycles. The Morgan fingerprint density at radius 1 is 1.21 bits per heavy atom. The number of fused-ring (bicyclic) bond motifs is 1. The second-order valence-corrected chi connectivity index (χ2v) is 4.69. The summed E-state index contributed by atoms with van der Waals surface area (Å²) in [5.41, 5.74) is -3.55. The number of carboxylic acids is 1. The summed E-state index contributed by atoms with van der Waals surface area (Å²) in [5, 5.41) is 10.7. The van der Waals surface area contributed by atoms with Gasteiger partial charge in [-0.3, -0.25) is 0 Å². The lowest BCUT2D eigenvalue weighted by atomic mass is 10.1. The van der Waals surface area contributed by atoms with Gasteiger partial charge in [0.05, 0.1) is 11.7 Å². The van der Waals surface area contributed by atoms with Crippen molar-refractivity contribution in [3.8, 4) is 0 Å². The molecule has 0 amide bonds. The SMILES string of the molecule is Cc1nc2nc(C(F)(F)OCC(F)(F)F)c(C(=O)[O-])cc2cc1F. The first-order valence-electron chi connectivity index (χ1n) is 6.19. The van der Waals surface area contributed by atoms with Gasteiger partial charge >= 0.3 is 12.3 Å². The van der Waals surface area contributed by atoms with E-state index in [2.05, 4.69) is 14.7 Å². The van der Waals surface area contributed by atoms with Gasteiger partial charge in [-0.15, -0.1) is 0 Å². The Labute approximate surface area is 129 Å². The lowest BCUT2D eigenvalue weighted by molar-refractivity contribution is -0.299. The van der Waals surface area contributed by atoms with Crippen LogP contribution in [0.1, 0.15) is 21.7 Å². The zero-order valence-electron chi connectivity index (χ0n) is 11.7. The average Bonchev–Trinajstić information content (AvgIpc) is 2.44. The van der Waals surface area contributed by atoms with Gasteiger partial charge < -0.3 is 14.6 Å². The maximum absolute atomic E-state index is 13.8. The van der Waals surface area contributed by atoms with E-state index in [0.29, 0.717) is 6.07 Å². The Morgan fingerprint density at radius 2 is 1.83 bits per heavy atom. The number of hydrogen-bond donors (Lipinski definition) is 0. The van der Waals surface area contributed by atoms with E-state index in [1.54, 1.807) is 0 Å². The zero-order valence-corrected chi connectivity index (χ0v) is 11.7. The summed E-state index contributed by atoms with van der Waals surface area (Å²) in [5.74, 6) is -2.99. The highest BCUT2D eigenvalue weighted by molar-refractivity contribution is 5.92. The van der Waals surface area contributed by atoms with E-state index in [-0.39, 0.29) is 11.1 Å². The number of aromatic carboxylic acids is 1. The number of rotatable bonds is 4. The molecule has 130 valence electrons. The average molecular weight is 353 g/mol.